The second-order valence-electron chi connectivity index (χ2n) is 5.11. The van der Waals surface area contributed by atoms with Gasteiger partial charge in [0.2, 0.25) is 0 Å². The van der Waals surface area contributed by atoms with Crippen LogP contribution in [0, 0.1) is 5.92 Å². The molecule has 0 aromatic carbocycles. The predicted octanol–water partition coefficient (Wildman–Crippen LogP) is 1.80. The Kier molecular flexibility index (Phi) is 6.05. The fourth-order valence-corrected chi connectivity index (χ4v) is 2.09. The van der Waals surface area contributed by atoms with Gasteiger partial charge in [-0.25, -0.2) is 4.79 Å². The number of rotatable bonds is 5. The minimum atomic E-state index is -0.162. The average Bonchev–Trinajstić information content (AvgIpc) is 2.28. The third kappa shape index (κ3) is 5.73. The third-order valence-electron chi connectivity index (χ3n) is 2.92. The Morgan fingerprint density at radius 2 is 2.24 bits per heavy atom. The third-order valence-corrected chi connectivity index (χ3v) is 2.92. The Morgan fingerprint density at radius 1 is 1.47 bits per heavy atom. The molecular formula is C13H24N2O2. The lowest BCUT2D eigenvalue weighted by atomic mass is 10.0. The highest BCUT2D eigenvalue weighted by Gasteiger charge is 2.16. The molecule has 0 aliphatic heterocycles. The normalized spacial score (nSPS) is 21.3. The molecule has 0 saturated heterocycles. The van der Waals surface area contributed by atoms with Crippen molar-refractivity contribution >= 4 is 6.03 Å². The highest BCUT2D eigenvalue weighted by atomic mass is 16.3. The van der Waals surface area contributed by atoms with Crippen LogP contribution in [-0.2, 0) is 0 Å². The molecule has 3 N–H and O–H groups in total. The number of aliphatic hydroxyl groups excluding tert-OH is 1. The zero-order valence-corrected chi connectivity index (χ0v) is 10.8. The second kappa shape index (κ2) is 7.33. The van der Waals surface area contributed by atoms with Crippen LogP contribution >= 0.6 is 0 Å². The van der Waals surface area contributed by atoms with Crippen molar-refractivity contribution in [2.45, 2.75) is 51.6 Å². The quantitative estimate of drug-likeness (QED) is 0.642. The molecule has 0 aromatic heterocycles. The van der Waals surface area contributed by atoms with Crippen molar-refractivity contribution in [2.24, 2.45) is 5.92 Å². The zero-order valence-electron chi connectivity index (χ0n) is 10.8. The number of aliphatic hydroxyl groups is 1. The number of amides is 2. The molecular weight excluding hydrogens is 216 g/mol. The molecule has 0 bridgehead atoms. The van der Waals surface area contributed by atoms with Crippen molar-refractivity contribution < 1.29 is 9.90 Å². The van der Waals surface area contributed by atoms with Crippen LogP contribution in [0.25, 0.3) is 0 Å². The molecule has 2 atom stereocenters. The standard InChI is InChI=1S/C13H24N2O2/c1-10(2)8-12(9-16)15-13(17)14-11-6-4-3-5-7-11/h3-4,10-12,16H,5-9H2,1-2H3,(H2,14,15,17)/t11-,12+/m1/s1. The first kappa shape index (κ1) is 14.0. The van der Waals surface area contributed by atoms with Crippen molar-refractivity contribution in [3.63, 3.8) is 0 Å². The summed E-state index contributed by atoms with van der Waals surface area (Å²) in [6, 6.07) is -0.0717. The second-order valence-corrected chi connectivity index (χ2v) is 5.11. The Morgan fingerprint density at radius 3 is 2.76 bits per heavy atom. The van der Waals surface area contributed by atoms with Crippen molar-refractivity contribution in [1.82, 2.24) is 10.6 Å². The van der Waals surface area contributed by atoms with Gasteiger partial charge in [-0.1, -0.05) is 26.0 Å². The van der Waals surface area contributed by atoms with Gasteiger partial charge in [0.05, 0.1) is 12.6 Å². The molecule has 1 aliphatic carbocycles. The maximum atomic E-state index is 11.7. The molecule has 0 fully saturated rings. The summed E-state index contributed by atoms with van der Waals surface area (Å²) < 4.78 is 0. The molecule has 1 aliphatic rings. The highest BCUT2D eigenvalue weighted by molar-refractivity contribution is 5.74. The van der Waals surface area contributed by atoms with Crippen molar-refractivity contribution in [2.75, 3.05) is 6.61 Å². The summed E-state index contributed by atoms with van der Waals surface area (Å²) in [6.07, 6.45) is 7.98. The van der Waals surface area contributed by atoms with Gasteiger partial charge in [0.25, 0.3) is 0 Å². The summed E-state index contributed by atoms with van der Waals surface area (Å²) in [5.74, 6) is 0.463. The van der Waals surface area contributed by atoms with Crippen LogP contribution in [-0.4, -0.2) is 29.8 Å². The fraction of sp³-hybridized carbons (Fsp3) is 0.769. The van der Waals surface area contributed by atoms with E-state index in [9.17, 15) is 9.90 Å². The largest absolute Gasteiger partial charge is 0.394 e. The van der Waals surface area contributed by atoms with Gasteiger partial charge < -0.3 is 15.7 Å². The number of allylic oxidation sites excluding steroid dienone is 1. The smallest absolute Gasteiger partial charge is 0.315 e. The van der Waals surface area contributed by atoms with Gasteiger partial charge in [-0.3, -0.25) is 0 Å². The molecule has 4 nitrogen and oxygen atoms in total. The van der Waals surface area contributed by atoms with E-state index in [-0.39, 0.29) is 24.7 Å². The Balaban J connectivity index is 2.29. The Hall–Kier alpha value is -1.03. The maximum absolute atomic E-state index is 11.7. The van der Waals surface area contributed by atoms with Crippen molar-refractivity contribution in [1.29, 1.82) is 0 Å². The van der Waals surface area contributed by atoms with Crippen LogP contribution in [0.2, 0.25) is 0 Å². The minimum absolute atomic E-state index is 0.00380. The summed E-state index contributed by atoms with van der Waals surface area (Å²) in [4.78, 5) is 11.7. The molecule has 0 radical (unpaired) electrons. The number of carbonyl (C=O) groups is 1. The zero-order chi connectivity index (χ0) is 12.7. The van der Waals surface area contributed by atoms with Gasteiger partial charge >= 0.3 is 6.03 Å². The summed E-state index contributed by atoms with van der Waals surface area (Å²) in [6.45, 7) is 4.15. The average molecular weight is 240 g/mol. The molecule has 1 rings (SSSR count). The SMILES string of the molecule is CC(C)C[C@@H](CO)NC(=O)N[C@@H]1CC=CCC1. The lowest BCUT2D eigenvalue weighted by Crippen LogP contribution is -2.48. The van der Waals surface area contributed by atoms with Gasteiger partial charge in [-0.15, -0.1) is 0 Å². The van der Waals surface area contributed by atoms with Crippen LogP contribution in [0.1, 0.15) is 39.5 Å². The lowest BCUT2D eigenvalue weighted by Gasteiger charge is -2.23. The van der Waals surface area contributed by atoms with E-state index in [1.807, 2.05) is 0 Å². The summed E-state index contributed by atoms with van der Waals surface area (Å²) >= 11 is 0. The van der Waals surface area contributed by atoms with Crippen LogP contribution in [0.15, 0.2) is 12.2 Å². The van der Waals surface area contributed by atoms with Crippen LogP contribution in [0.4, 0.5) is 4.79 Å². The molecule has 0 spiro atoms. The number of urea groups is 1. The van der Waals surface area contributed by atoms with E-state index < -0.39 is 0 Å². The number of nitrogens with one attached hydrogen (secondary N) is 2. The van der Waals surface area contributed by atoms with E-state index >= 15 is 0 Å². The summed E-state index contributed by atoms with van der Waals surface area (Å²) in [5.41, 5.74) is 0. The van der Waals surface area contributed by atoms with Gasteiger partial charge in [0, 0.05) is 6.04 Å². The highest BCUT2D eigenvalue weighted by Crippen LogP contribution is 2.10. The molecule has 0 heterocycles. The molecule has 2 amide bonds. The first-order chi connectivity index (χ1) is 8.11. The van der Waals surface area contributed by atoms with E-state index in [4.69, 9.17) is 0 Å². The van der Waals surface area contributed by atoms with Gasteiger partial charge in [-0.2, -0.15) is 0 Å². The van der Waals surface area contributed by atoms with E-state index in [2.05, 4.69) is 36.6 Å². The molecule has 0 saturated carbocycles. The van der Waals surface area contributed by atoms with E-state index in [1.165, 1.54) is 0 Å². The lowest BCUT2D eigenvalue weighted by molar-refractivity contribution is 0.204. The van der Waals surface area contributed by atoms with Crippen LogP contribution < -0.4 is 10.6 Å². The van der Waals surface area contributed by atoms with Crippen molar-refractivity contribution in [3.05, 3.63) is 12.2 Å². The topological polar surface area (TPSA) is 61.4 Å². The summed E-state index contributed by atoms with van der Waals surface area (Å²) in [5, 5.41) is 14.9. The van der Waals surface area contributed by atoms with Gasteiger partial charge in [-0.05, 0) is 31.6 Å². The Bertz CT molecular complexity index is 264. The summed E-state index contributed by atoms with van der Waals surface area (Å²) in [7, 11) is 0. The van der Waals surface area contributed by atoms with Crippen LogP contribution in [0.3, 0.4) is 0 Å². The Labute approximate surface area is 103 Å². The number of carbonyl (C=O) groups excluding carboxylic acids is 1. The molecule has 0 unspecified atom stereocenters. The minimum Gasteiger partial charge on any atom is -0.394 e. The predicted molar refractivity (Wildman–Crippen MR) is 68.8 cm³/mol. The van der Waals surface area contributed by atoms with Gasteiger partial charge in [0.15, 0.2) is 0 Å². The number of hydrogen-bond donors (Lipinski definition) is 3. The first-order valence-electron chi connectivity index (χ1n) is 6.44. The van der Waals surface area contributed by atoms with E-state index in [1.54, 1.807) is 0 Å². The first-order valence-corrected chi connectivity index (χ1v) is 6.44. The van der Waals surface area contributed by atoms with Crippen LogP contribution in [0.5, 0.6) is 0 Å². The fourth-order valence-electron chi connectivity index (χ4n) is 2.09. The van der Waals surface area contributed by atoms with Gasteiger partial charge in [0.1, 0.15) is 0 Å². The maximum Gasteiger partial charge on any atom is 0.315 e. The molecule has 98 valence electrons. The van der Waals surface area contributed by atoms with Crippen molar-refractivity contribution in [3.8, 4) is 0 Å². The van der Waals surface area contributed by atoms with E-state index in [0.29, 0.717) is 5.92 Å². The number of hydrogen-bond acceptors (Lipinski definition) is 2. The monoisotopic (exact) mass is 240 g/mol. The molecule has 4 heteroatoms. The van der Waals surface area contributed by atoms with E-state index in [0.717, 1.165) is 25.7 Å². The molecule has 0 aromatic rings. The molecule has 17 heavy (non-hydrogen) atoms.